The van der Waals surface area contributed by atoms with Crippen LogP contribution in [0.25, 0.3) is 0 Å². The molecule has 2 aromatic carbocycles. The van der Waals surface area contributed by atoms with Crippen molar-refractivity contribution in [3.8, 4) is 5.75 Å². The van der Waals surface area contributed by atoms with Gasteiger partial charge in [0.05, 0.1) is 23.4 Å². The molecule has 0 unspecified atom stereocenters. The summed E-state index contributed by atoms with van der Waals surface area (Å²) in [5.41, 5.74) is -0.157. The predicted octanol–water partition coefficient (Wildman–Crippen LogP) is 5.18. The van der Waals surface area contributed by atoms with Crippen LogP contribution < -0.4 is 15.4 Å². The Balaban J connectivity index is 2.15. The van der Waals surface area contributed by atoms with Crippen LogP contribution in [0.3, 0.4) is 0 Å². The van der Waals surface area contributed by atoms with Crippen molar-refractivity contribution in [1.82, 2.24) is 0 Å². The Kier molecular flexibility index (Phi) is 5.33. The lowest BCUT2D eigenvalue weighted by Crippen LogP contribution is -2.20. The quantitative estimate of drug-likeness (QED) is 0.739. The second kappa shape index (κ2) is 7.06. The topological polar surface area (TPSA) is 33.3 Å². The predicted molar refractivity (Wildman–Crippen MR) is 89.3 cm³/mol. The summed E-state index contributed by atoms with van der Waals surface area (Å²) in [6.45, 7) is 0. The lowest BCUT2D eigenvalue weighted by molar-refractivity contribution is -0.137. The van der Waals surface area contributed by atoms with Gasteiger partial charge in [-0.05, 0) is 42.5 Å². The number of alkyl halides is 3. The van der Waals surface area contributed by atoms with Crippen molar-refractivity contribution in [1.29, 1.82) is 0 Å². The first-order chi connectivity index (χ1) is 10.8. The molecule has 0 aliphatic heterocycles. The van der Waals surface area contributed by atoms with E-state index in [2.05, 4.69) is 10.6 Å². The van der Waals surface area contributed by atoms with E-state index >= 15 is 0 Å². The summed E-state index contributed by atoms with van der Waals surface area (Å²) in [6, 6.07) is 10.5. The first-order valence-electron chi connectivity index (χ1n) is 6.39. The lowest BCUT2D eigenvalue weighted by atomic mass is 10.2. The van der Waals surface area contributed by atoms with Crippen molar-refractivity contribution in [3.05, 3.63) is 53.1 Å². The van der Waals surface area contributed by atoms with Crippen LogP contribution in [0.2, 0.25) is 5.02 Å². The van der Waals surface area contributed by atoms with Gasteiger partial charge in [0.15, 0.2) is 5.11 Å². The number of hydrogen-bond acceptors (Lipinski definition) is 2. The molecule has 0 aliphatic carbocycles. The summed E-state index contributed by atoms with van der Waals surface area (Å²) < 4.78 is 43.7. The molecule has 0 heterocycles. The number of benzene rings is 2. The van der Waals surface area contributed by atoms with Crippen molar-refractivity contribution in [2.45, 2.75) is 6.18 Å². The molecule has 0 amide bonds. The van der Waals surface area contributed by atoms with E-state index in [4.69, 9.17) is 28.6 Å². The molecule has 0 saturated carbocycles. The maximum Gasteiger partial charge on any atom is 0.417 e. The first-order valence-corrected chi connectivity index (χ1v) is 7.17. The highest BCUT2D eigenvalue weighted by molar-refractivity contribution is 7.80. The summed E-state index contributed by atoms with van der Waals surface area (Å²) in [4.78, 5) is 0. The van der Waals surface area contributed by atoms with E-state index in [-0.39, 0.29) is 15.8 Å². The van der Waals surface area contributed by atoms with E-state index in [0.717, 1.165) is 6.07 Å². The molecular formula is C15H12ClF3N2OS. The average Bonchev–Trinajstić information content (AvgIpc) is 2.48. The highest BCUT2D eigenvalue weighted by atomic mass is 35.5. The Hall–Kier alpha value is -1.99. The van der Waals surface area contributed by atoms with E-state index in [1.165, 1.54) is 19.2 Å². The molecular weight excluding hydrogens is 349 g/mol. The van der Waals surface area contributed by atoms with Crippen LogP contribution in [0.1, 0.15) is 5.56 Å². The van der Waals surface area contributed by atoms with E-state index < -0.39 is 11.7 Å². The second-order valence-corrected chi connectivity index (χ2v) is 5.29. The second-order valence-electron chi connectivity index (χ2n) is 4.47. The average molecular weight is 361 g/mol. The molecule has 2 rings (SSSR count). The molecule has 0 fully saturated rings. The first kappa shape index (κ1) is 17.4. The number of thiocarbonyl (C=S) groups is 1. The summed E-state index contributed by atoms with van der Waals surface area (Å²) in [5.74, 6) is 0.559. The third-order valence-electron chi connectivity index (χ3n) is 2.88. The Morgan fingerprint density at radius 3 is 2.48 bits per heavy atom. The maximum atomic E-state index is 12.8. The van der Waals surface area contributed by atoms with Crippen LogP contribution in [-0.2, 0) is 6.18 Å². The number of ether oxygens (including phenoxy) is 1. The zero-order valence-electron chi connectivity index (χ0n) is 11.9. The number of methoxy groups -OCH3 is 1. The Morgan fingerprint density at radius 1 is 1.13 bits per heavy atom. The standard InChI is InChI=1S/C15H12ClF3N2OS/c1-22-13-5-3-2-4-12(13)21-14(23)20-9-6-7-11(16)10(8-9)15(17,18)19/h2-8H,1H3,(H2,20,21,23). The van der Waals surface area contributed by atoms with E-state index in [1.807, 2.05) is 0 Å². The summed E-state index contributed by atoms with van der Waals surface area (Å²) in [5, 5.41) is 5.31. The fourth-order valence-electron chi connectivity index (χ4n) is 1.85. The molecule has 3 nitrogen and oxygen atoms in total. The van der Waals surface area contributed by atoms with Crippen LogP contribution in [-0.4, -0.2) is 12.2 Å². The fourth-order valence-corrected chi connectivity index (χ4v) is 2.31. The minimum Gasteiger partial charge on any atom is -0.495 e. The van der Waals surface area contributed by atoms with Crippen molar-refractivity contribution < 1.29 is 17.9 Å². The maximum absolute atomic E-state index is 12.8. The molecule has 2 N–H and O–H groups in total. The highest BCUT2D eigenvalue weighted by Crippen LogP contribution is 2.36. The van der Waals surface area contributed by atoms with Gasteiger partial charge in [-0.15, -0.1) is 0 Å². The number of anilines is 2. The molecule has 0 radical (unpaired) electrons. The zero-order chi connectivity index (χ0) is 17.0. The molecule has 0 spiro atoms. The Bertz CT molecular complexity index is 722. The number of para-hydroxylation sites is 2. The van der Waals surface area contributed by atoms with Gasteiger partial charge in [0.1, 0.15) is 5.75 Å². The molecule has 0 aromatic heterocycles. The van der Waals surface area contributed by atoms with E-state index in [0.29, 0.717) is 11.4 Å². The number of hydrogen-bond donors (Lipinski definition) is 2. The van der Waals surface area contributed by atoms with Crippen molar-refractivity contribution in [3.63, 3.8) is 0 Å². The van der Waals surface area contributed by atoms with Crippen LogP contribution in [0.15, 0.2) is 42.5 Å². The lowest BCUT2D eigenvalue weighted by Gasteiger charge is -2.15. The minimum atomic E-state index is -4.54. The normalized spacial score (nSPS) is 11.0. The van der Waals surface area contributed by atoms with Crippen molar-refractivity contribution >= 4 is 40.3 Å². The van der Waals surface area contributed by atoms with Gasteiger partial charge in [-0.1, -0.05) is 23.7 Å². The molecule has 122 valence electrons. The SMILES string of the molecule is COc1ccccc1NC(=S)Nc1ccc(Cl)c(C(F)(F)F)c1. The zero-order valence-corrected chi connectivity index (χ0v) is 13.4. The van der Waals surface area contributed by atoms with Gasteiger partial charge in [0.25, 0.3) is 0 Å². The summed E-state index contributed by atoms with van der Waals surface area (Å²) in [6.07, 6.45) is -4.54. The minimum absolute atomic E-state index is 0.130. The summed E-state index contributed by atoms with van der Waals surface area (Å²) >= 11 is 10.7. The highest BCUT2D eigenvalue weighted by Gasteiger charge is 2.33. The van der Waals surface area contributed by atoms with Gasteiger partial charge in [-0.25, -0.2) is 0 Å². The Morgan fingerprint density at radius 2 is 1.83 bits per heavy atom. The van der Waals surface area contributed by atoms with Gasteiger partial charge in [-0.3, -0.25) is 0 Å². The van der Waals surface area contributed by atoms with Crippen molar-refractivity contribution in [2.75, 3.05) is 17.7 Å². The number of nitrogens with one attached hydrogen (secondary N) is 2. The number of rotatable bonds is 3. The molecule has 0 bridgehead atoms. The van der Waals surface area contributed by atoms with Gasteiger partial charge in [0, 0.05) is 5.69 Å². The van der Waals surface area contributed by atoms with Gasteiger partial charge in [0.2, 0.25) is 0 Å². The van der Waals surface area contributed by atoms with Crippen molar-refractivity contribution in [2.24, 2.45) is 0 Å². The molecule has 0 saturated heterocycles. The van der Waals surface area contributed by atoms with Crippen LogP contribution >= 0.6 is 23.8 Å². The van der Waals surface area contributed by atoms with Crippen LogP contribution in [0.5, 0.6) is 5.75 Å². The third-order valence-corrected chi connectivity index (χ3v) is 3.42. The molecule has 23 heavy (non-hydrogen) atoms. The molecule has 2 aromatic rings. The largest absolute Gasteiger partial charge is 0.495 e. The van der Waals surface area contributed by atoms with E-state index in [1.54, 1.807) is 24.3 Å². The number of halogens is 4. The summed E-state index contributed by atoms with van der Waals surface area (Å²) in [7, 11) is 1.51. The molecule has 0 atom stereocenters. The van der Waals surface area contributed by atoms with Gasteiger partial charge < -0.3 is 15.4 Å². The third kappa shape index (κ3) is 4.49. The fraction of sp³-hybridized carbons (Fsp3) is 0.133. The van der Waals surface area contributed by atoms with Crippen LogP contribution in [0, 0.1) is 0 Å². The molecule has 8 heteroatoms. The smallest absolute Gasteiger partial charge is 0.417 e. The Labute approximate surface area is 141 Å². The van der Waals surface area contributed by atoms with Gasteiger partial charge in [-0.2, -0.15) is 13.2 Å². The van der Waals surface area contributed by atoms with Crippen LogP contribution in [0.4, 0.5) is 24.5 Å². The molecule has 0 aliphatic rings. The monoisotopic (exact) mass is 360 g/mol. The van der Waals surface area contributed by atoms with Gasteiger partial charge >= 0.3 is 6.18 Å². The van der Waals surface area contributed by atoms with E-state index in [9.17, 15) is 13.2 Å².